The summed E-state index contributed by atoms with van der Waals surface area (Å²) >= 11 is 8.01. The molecule has 0 unspecified atom stereocenters. The number of hydrogen-bond donors (Lipinski definition) is 1. The summed E-state index contributed by atoms with van der Waals surface area (Å²) in [6.07, 6.45) is 0. The zero-order valence-corrected chi connectivity index (χ0v) is 14.1. The normalized spacial score (nSPS) is 11.5. The molecule has 0 spiro atoms. The lowest BCUT2D eigenvalue weighted by Crippen LogP contribution is -2.31. The van der Waals surface area contributed by atoms with Crippen molar-refractivity contribution in [1.29, 1.82) is 5.26 Å². The minimum atomic E-state index is -3.45. The molecule has 0 radical (unpaired) electrons. The summed E-state index contributed by atoms with van der Waals surface area (Å²) in [4.78, 5) is 0. The molecule has 21 heavy (non-hydrogen) atoms. The maximum absolute atomic E-state index is 12.2. The average molecular weight is 363 g/mol. The molecule has 2 rings (SSSR count). The van der Waals surface area contributed by atoms with Crippen LogP contribution in [0.15, 0.2) is 21.7 Å². The Morgan fingerprint density at radius 1 is 1.57 bits per heavy atom. The zero-order valence-electron chi connectivity index (χ0n) is 10.9. The minimum absolute atomic E-state index is 0.157. The quantitative estimate of drug-likeness (QED) is 0.853. The number of likely N-dealkylation sites (N-methyl/N-ethyl adjacent to an activating group) is 1. The molecule has 0 amide bonds. The highest BCUT2D eigenvalue weighted by Gasteiger charge is 2.21. The minimum Gasteiger partial charge on any atom is -0.373 e. The van der Waals surface area contributed by atoms with Crippen molar-refractivity contribution in [3.05, 3.63) is 28.2 Å². The van der Waals surface area contributed by atoms with E-state index in [9.17, 15) is 8.42 Å². The summed E-state index contributed by atoms with van der Waals surface area (Å²) in [5, 5.41) is 14.3. The molecule has 0 bridgehead atoms. The molecule has 6 nitrogen and oxygen atoms in total. The van der Waals surface area contributed by atoms with Crippen LogP contribution < -0.4 is 5.32 Å². The van der Waals surface area contributed by atoms with E-state index in [2.05, 4.69) is 9.69 Å². The van der Waals surface area contributed by atoms with Gasteiger partial charge in [0.25, 0.3) is 10.0 Å². The third-order valence-corrected chi connectivity index (χ3v) is 7.04. The highest BCUT2D eigenvalue weighted by Crippen LogP contribution is 2.27. The molecule has 0 aliphatic carbocycles. The Morgan fingerprint density at radius 2 is 2.33 bits per heavy atom. The fraction of sp³-hybridized carbons (Fsp3) is 0.273. The number of rotatable bonds is 6. The number of anilines is 1. The Labute approximate surface area is 135 Å². The highest BCUT2D eigenvalue weighted by molar-refractivity contribution is 7.91. The van der Waals surface area contributed by atoms with Crippen LogP contribution in [0.2, 0.25) is 5.15 Å². The van der Waals surface area contributed by atoms with E-state index in [0.717, 1.165) is 11.5 Å². The summed E-state index contributed by atoms with van der Waals surface area (Å²) < 4.78 is 29.8. The van der Waals surface area contributed by atoms with Crippen molar-refractivity contribution in [3.8, 4) is 6.07 Å². The number of hydrogen-bond acceptors (Lipinski definition) is 7. The van der Waals surface area contributed by atoms with Gasteiger partial charge >= 0.3 is 0 Å². The molecule has 1 N–H and O–H groups in total. The first-order valence-electron chi connectivity index (χ1n) is 5.76. The van der Waals surface area contributed by atoms with Gasteiger partial charge in [-0.1, -0.05) is 17.7 Å². The van der Waals surface area contributed by atoms with Crippen molar-refractivity contribution in [2.24, 2.45) is 0 Å². The first kappa shape index (κ1) is 16.2. The van der Waals surface area contributed by atoms with Gasteiger partial charge in [-0.15, -0.1) is 11.3 Å². The summed E-state index contributed by atoms with van der Waals surface area (Å²) in [7, 11) is -1.94. The molecule has 2 aromatic heterocycles. The van der Waals surface area contributed by atoms with Crippen LogP contribution in [-0.2, 0) is 10.0 Å². The molecule has 0 atom stereocenters. The lowest BCUT2D eigenvalue weighted by molar-refractivity contribution is 0.482. The van der Waals surface area contributed by atoms with Crippen molar-refractivity contribution < 1.29 is 8.42 Å². The maximum atomic E-state index is 12.2. The van der Waals surface area contributed by atoms with E-state index in [1.165, 1.54) is 22.7 Å². The third kappa shape index (κ3) is 3.53. The fourth-order valence-electron chi connectivity index (χ4n) is 1.50. The molecule has 2 heterocycles. The van der Waals surface area contributed by atoms with E-state index >= 15 is 0 Å². The number of nitriles is 1. The Bertz CT molecular complexity index is 749. The van der Waals surface area contributed by atoms with Crippen LogP contribution in [0.4, 0.5) is 5.00 Å². The monoisotopic (exact) mass is 362 g/mol. The van der Waals surface area contributed by atoms with Crippen LogP contribution in [0.25, 0.3) is 0 Å². The van der Waals surface area contributed by atoms with Gasteiger partial charge in [-0.25, -0.2) is 8.42 Å². The SMILES string of the molecule is CN(CCNc1snc(Cl)c1C#N)S(=O)(=O)c1cccs1. The first-order chi connectivity index (χ1) is 9.96. The molecule has 0 aromatic carbocycles. The van der Waals surface area contributed by atoms with E-state index < -0.39 is 10.0 Å². The molecule has 0 aliphatic rings. The van der Waals surface area contributed by atoms with Crippen LogP contribution in [0.1, 0.15) is 5.56 Å². The number of sulfonamides is 1. The van der Waals surface area contributed by atoms with Crippen LogP contribution in [0, 0.1) is 11.3 Å². The molecule has 2 aromatic rings. The standard InChI is InChI=1S/C11H11ClN4O2S3/c1-16(21(17,18)9-3-2-6-19-9)5-4-14-11-8(7-13)10(12)15-20-11/h2-3,6,14H,4-5H2,1H3. The van der Waals surface area contributed by atoms with Crippen molar-refractivity contribution in [1.82, 2.24) is 8.68 Å². The molecule has 0 saturated carbocycles. The lowest BCUT2D eigenvalue weighted by atomic mass is 10.4. The average Bonchev–Trinajstić information content (AvgIpc) is 3.08. The van der Waals surface area contributed by atoms with E-state index in [4.69, 9.17) is 16.9 Å². The largest absolute Gasteiger partial charge is 0.373 e. The van der Waals surface area contributed by atoms with Gasteiger partial charge in [-0.2, -0.15) is 13.9 Å². The predicted molar refractivity (Wildman–Crippen MR) is 84.5 cm³/mol. The Balaban J connectivity index is 1.96. The van der Waals surface area contributed by atoms with Gasteiger partial charge in [0, 0.05) is 20.1 Å². The number of halogens is 1. The van der Waals surface area contributed by atoms with E-state index in [1.807, 2.05) is 6.07 Å². The molecule has 112 valence electrons. The first-order valence-corrected chi connectivity index (χ1v) is 9.23. The van der Waals surface area contributed by atoms with Gasteiger partial charge in [0.1, 0.15) is 20.8 Å². The van der Waals surface area contributed by atoms with E-state index in [1.54, 1.807) is 17.5 Å². The van der Waals surface area contributed by atoms with E-state index in [0.29, 0.717) is 15.8 Å². The van der Waals surface area contributed by atoms with Crippen molar-refractivity contribution in [3.63, 3.8) is 0 Å². The summed E-state index contributed by atoms with van der Waals surface area (Å²) in [6, 6.07) is 5.22. The molecule has 0 saturated heterocycles. The highest BCUT2D eigenvalue weighted by atomic mass is 35.5. The van der Waals surface area contributed by atoms with Gasteiger partial charge in [0.05, 0.1) is 0 Å². The topological polar surface area (TPSA) is 86.1 Å². The predicted octanol–water partition coefficient (Wildman–Crippen LogP) is 2.46. The van der Waals surface area contributed by atoms with Gasteiger partial charge in [-0.3, -0.25) is 0 Å². The van der Waals surface area contributed by atoms with Crippen molar-refractivity contribution in [2.45, 2.75) is 4.21 Å². The summed E-state index contributed by atoms with van der Waals surface area (Å²) in [5.41, 5.74) is 0.283. The molecule has 0 aliphatic heterocycles. The number of nitrogens with zero attached hydrogens (tertiary/aromatic N) is 3. The number of nitrogens with one attached hydrogen (secondary N) is 1. The van der Waals surface area contributed by atoms with Crippen LogP contribution in [0.5, 0.6) is 0 Å². The zero-order chi connectivity index (χ0) is 15.5. The Kier molecular flexibility index (Phi) is 5.18. The van der Waals surface area contributed by atoms with Gasteiger partial charge in [0.15, 0.2) is 5.15 Å². The summed E-state index contributed by atoms with van der Waals surface area (Å²) in [5.74, 6) is 0. The van der Waals surface area contributed by atoms with Gasteiger partial charge in [-0.05, 0) is 23.0 Å². The molecular weight excluding hydrogens is 352 g/mol. The summed E-state index contributed by atoms with van der Waals surface area (Å²) in [6.45, 7) is 0.620. The number of thiophene rings is 1. The lowest BCUT2D eigenvalue weighted by Gasteiger charge is -2.16. The molecular formula is C11H11ClN4O2S3. The van der Waals surface area contributed by atoms with Crippen molar-refractivity contribution in [2.75, 3.05) is 25.5 Å². The number of aromatic nitrogens is 1. The Hall–Kier alpha value is -1.18. The second-order valence-corrected chi connectivity index (χ2v) is 8.33. The second kappa shape index (κ2) is 6.72. The smallest absolute Gasteiger partial charge is 0.252 e. The Morgan fingerprint density at radius 3 is 2.95 bits per heavy atom. The third-order valence-electron chi connectivity index (χ3n) is 2.63. The van der Waals surface area contributed by atoms with Crippen molar-refractivity contribution >= 4 is 49.5 Å². The van der Waals surface area contributed by atoms with E-state index in [-0.39, 0.29) is 17.3 Å². The van der Waals surface area contributed by atoms with Gasteiger partial charge < -0.3 is 5.32 Å². The van der Waals surface area contributed by atoms with Gasteiger partial charge in [0.2, 0.25) is 0 Å². The molecule has 0 fully saturated rings. The second-order valence-electron chi connectivity index (χ2n) is 3.97. The fourth-order valence-corrected chi connectivity index (χ4v) is 4.83. The maximum Gasteiger partial charge on any atom is 0.252 e. The molecule has 10 heteroatoms. The van der Waals surface area contributed by atoms with Crippen LogP contribution in [-0.4, -0.2) is 37.2 Å². The van der Waals surface area contributed by atoms with Crippen LogP contribution in [0.3, 0.4) is 0 Å². The van der Waals surface area contributed by atoms with Crippen LogP contribution >= 0.6 is 34.5 Å².